The lowest BCUT2D eigenvalue weighted by Gasteiger charge is -2.66. The third kappa shape index (κ3) is 4.86. The fraction of sp³-hybridized carbons (Fsp3) is 0.571. The molecule has 4 aliphatic rings. The molecule has 5 N–H and O–H groups in total. The largest absolute Gasteiger partial charge is 0.456 e. The second kappa shape index (κ2) is 11.6. The molecule has 11 nitrogen and oxygen atoms in total. The zero-order valence-corrected chi connectivity index (χ0v) is 27.8. The van der Waals surface area contributed by atoms with E-state index in [0.29, 0.717) is 5.56 Å². The van der Waals surface area contributed by atoms with Gasteiger partial charge in [-0.2, -0.15) is 11.3 Å². The second-order valence-electron chi connectivity index (χ2n) is 14.3. The van der Waals surface area contributed by atoms with Gasteiger partial charge in [-0.3, -0.25) is 4.79 Å². The number of fused-ring (bicyclic) bond motifs is 5. The summed E-state index contributed by atoms with van der Waals surface area (Å²) in [7, 11) is 0. The number of Topliss-reactive ketones (excluding diaryl/α,β-unsaturated/α-hetero) is 1. The minimum Gasteiger partial charge on any atom is -0.456 e. The van der Waals surface area contributed by atoms with E-state index in [-0.39, 0.29) is 36.2 Å². The van der Waals surface area contributed by atoms with E-state index in [1.54, 1.807) is 62.7 Å². The summed E-state index contributed by atoms with van der Waals surface area (Å²) >= 11 is 1.25. The molecule has 0 radical (unpaired) electrons. The number of ketones is 1. The van der Waals surface area contributed by atoms with Crippen LogP contribution in [0.5, 0.6) is 0 Å². The average molecular weight is 671 g/mol. The first kappa shape index (κ1) is 33.9. The zero-order valence-electron chi connectivity index (χ0n) is 27.0. The lowest BCUT2D eigenvalue weighted by atomic mass is 9.44. The molecule has 2 heterocycles. The molecular weight excluding hydrogens is 628 g/mol. The summed E-state index contributed by atoms with van der Waals surface area (Å²) in [4.78, 5) is 41.6. The van der Waals surface area contributed by atoms with Crippen LogP contribution in [0.25, 0.3) is 0 Å². The number of carbonyl (C=O) groups excluding carboxylic acids is 3. The highest BCUT2D eigenvalue weighted by Crippen LogP contribution is 2.63. The van der Waals surface area contributed by atoms with Crippen LogP contribution in [0.3, 0.4) is 0 Å². The maximum Gasteiger partial charge on any atom is 0.339 e. The third-order valence-corrected chi connectivity index (χ3v) is 12.3. The minimum absolute atomic E-state index is 0.0436. The second-order valence-corrected chi connectivity index (χ2v) is 15.1. The van der Waals surface area contributed by atoms with Gasteiger partial charge in [0.1, 0.15) is 29.5 Å². The molecule has 0 spiro atoms. The normalized spacial score (nSPS) is 38.9. The van der Waals surface area contributed by atoms with E-state index in [9.17, 15) is 39.9 Å². The monoisotopic (exact) mass is 670 g/mol. The Kier molecular flexibility index (Phi) is 8.35. The molecule has 3 fully saturated rings. The van der Waals surface area contributed by atoms with Crippen LogP contribution in [0.4, 0.5) is 0 Å². The first-order chi connectivity index (χ1) is 22.0. The number of ether oxygens (including phenoxy) is 3. The summed E-state index contributed by atoms with van der Waals surface area (Å²) in [5.41, 5.74) is -6.19. The molecule has 254 valence electrons. The van der Waals surface area contributed by atoms with Gasteiger partial charge < -0.3 is 39.7 Å². The molecule has 2 saturated carbocycles. The number of benzene rings is 1. The molecule has 12 heteroatoms. The Morgan fingerprint density at radius 2 is 1.74 bits per heavy atom. The van der Waals surface area contributed by atoms with Gasteiger partial charge in [0.25, 0.3) is 0 Å². The molecule has 2 aromatic rings. The van der Waals surface area contributed by atoms with Crippen LogP contribution < -0.4 is 0 Å². The summed E-state index contributed by atoms with van der Waals surface area (Å²) in [6.45, 7) is 7.59. The fourth-order valence-corrected chi connectivity index (χ4v) is 9.16. The van der Waals surface area contributed by atoms with E-state index in [0.717, 1.165) is 0 Å². The number of hydrogen-bond donors (Lipinski definition) is 5. The van der Waals surface area contributed by atoms with Crippen LogP contribution in [0, 0.1) is 16.7 Å². The van der Waals surface area contributed by atoms with Gasteiger partial charge in [0.15, 0.2) is 11.9 Å². The lowest BCUT2D eigenvalue weighted by Crippen LogP contribution is -2.81. The number of carbonyl (C=O) groups is 3. The molecule has 1 aromatic carbocycles. The molecule has 2 bridgehead atoms. The van der Waals surface area contributed by atoms with Gasteiger partial charge in [0.2, 0.25) is 0 Å². The summed E-state index contributed by atoms with van der Waals surface area (Å²) in [6, 6.07) is 10.4. The van der Waals surface area contributed by atoms with E-state index < -0.39 is 88.2 Å². The van der Waals surface area contributed by atoms with Gasteiger partial charge in [-0.15, -0.1) is 0 Å². The van der Waals surface area contributed by atoms with E-state index >= 15 is 0 Å². The van der Waals surface area contributed by atoms with E-state index in [1.807, 2.05) is 6.07 Å². The van der Waals surface area contributed by atoms with Crippen molar-refractivity contribution in [1.29, 1.82) is 0 Å². The van der Waals surface area contributed by atoms with Crippen LogP contribution in [0.2, 0.25) is 0 Å². The predicted molar refractivity (Wildman–Crippen MR) is 168 cm³/mol. The van der Waals surface area contributed by atoms with Crippen molar-refractivity contribution in [3.05, 3.63) is 69.4 Å². The van der Waals surface area contributed by atoms with Crippen molar-refractivity contribution in [2.45, 2.75) is 101 Å². The van der Waals surface area contributed by atoms with Crippen LogP contribution >= 0.6 is 11.3 Å². The minimum atomic E-state index is -2.19. The number of hydrogen-bond acceptors (Lipinski definition) is 12. The molecule has 8 unspecified atom stereocenters. The molecule has 47 heavy (non-hydrogen) atoms. The molecule has 3 aliphatic carbocycles. The van der Waals surface area contributed by atoms with Crippen molar-refractivity contribution >= 4 is 29.1 Å². The van der Waals surface area contributed by atoms with E-state index in [4.69, 9.17) is 14.2 Å². The van der Waals surface area contributed by atoms with Crippen LogP contribution in [0.15, 0.2) is 58.3 Å². The number of esters is 2. The van der Waals surface area contributed by atoms with Crippen molar-refractivity contribution in [3.8, 4) is 0 Å². The molecule has 0 amide bonds. The summed E-state index contributed by atoms with van der Waals surface area (Å²) < 4.78 is 17.6. The zero-order chi connectivity index (χ0) is 34.3. The van der Waals surface area contributed by atoms with E-state index in [2.05, 4.69) is 0 Å². The molecule has 1 saturated heterocycles. The van der Waals surface area contributed by atoms with Crippen molar-refractivity contribution in [2.24, 2.45) is 16.7 Å². The Labute approximate surface area is 276 Å². The van der Waals surface area contributed by atoms with Crippen LogP contribution in [-0.4, -0.2) is 97.7 Å². The number of aliphatic hydroxyl groups excluding tert-OH is 3. The fourth-order valence-electron chi connectivity index (χ4n) is 8.54. The smallest absolute Gasteiger partial charge is 0.339 e. The highest BCUT2D eigenvalue weighted by atomic mass is 32.1. The van der Waals surface area contributed by atoms with E-state index in [1.165, 1.54) is 24.3 Å². The van der Waals surface area contributed by atoms with Crippen LogP contribution in [0.1, 0.15) is 69.3 Å². The standard InChI is InChI=1S/C35H42O11S/c1-17(19-9-7-6-8-10-19)25(37)31(41)45-21-14-35(43)29(46-30(40)20-11-12-47-15-20)27-33(5,22(36)13-23-34(27,42)16-44-23)28(39)26(38)24(18(21)2)32(35,3)4/h6-12,15,17,21-23,25-27,29,36-38,42-43H,13-14,16H2,1-5H3/t17-,21?,22?,23?,25?,26?,27?,29?,33+,34-,35?/m0/s1. The van der Waals surface area contributed by atoms with Gasteiger partial charge >= 0.3 is 11.9 Å². The Balaban J connectivity index is 1.49. The Hall–Kier alpha value is -2.97. The molecular formula is C35H42O11S. The molecule has 1 aromatic heterocycles. The Bertz CT molecular complexity index is 1590. The summed E-state index contributed by atoms with van der Waals surface area (Å²) in [5.74, 6) is -4.73. The van der Waals surface area contributed by atoms with Gasteiger partial charge in [0, 0.05) is 35.5 Å². The maximum absolute atomic E-state index is 14.5. The number of aliphatic hydroxyl groups is 5. The topological polar surface area (TPSA) is 180 Å². The Morgan fingerprint density at radius 1 is 1.06 bits per heavy atom. The lowest BCUT2D eigenvalue weighted by molar-refractivity contribution is -0.343. The maximum atomic E-state index is 14.5. The van der Waals surface area contributed by atoms with Crippen molar-refractivity contribution in [1.82, 2.24) is 0 Å². The highest BCUT2D eigenvalue weighted by molar-refractivity contribution is 7.08. The van der Waals surface area contributed by atoms with Gasteiger partial charge in [-0.1, -0.05) is 51.1 Å². The molecule has 6 rings (SSSR count). The SMILES string of the molecule is CC1=C2C(O)C(=O)[C@]3(C)C(O)CC4OC[C@@]4(O)C3C(OC(=O)c3ccsc3)C(O)(CC1OC(=O)C(O)[C@@H](C)c1ccccc1)C2(C)C. The van der Waals surface area contributed by atoms with Gasteiger partial charge in [0.05, 0.1) is 29.8 Å². The quantitative estimate of drug-likeness (QED) is 0.225. The predicted octanol–water partition coefficient (Wildman–Crippen LogP) is 2.29. The Morgan fingerprint density at radius 3 is 2.34 bits per heavy atom. The molecule has 1 aliphatic heterocycles. The third-order valence-electron chi connectivity index (χ3n) is 11.7. The van der Waals surface area contributed by atoms with Crippen molar-refractivity contribution in [2.75, 3.05) is 6.61 Å². The molecule has 11 atom stereocenters. The summed E-state index contributed by atoms with van der Waals surface area (Å²) in [5, 5.41) is 62.8. The first-order valence-corrected chi connectivity index (χ1v) is 16.8. The number of rotatable bonds is 6. The van der Waals surface area contributed by atoms with Gasteiger partial charge in [-0.25, -0.2) is 9.59 Å². The highest BCUT2D eigenvalue weighted by Gasteiger charge is 2.76. The number of thiophene rings is 1. The van der Waals surface area contributed by atoms with Crippen molar-refractivity contribution < 1.29 is 54.1 Å². The first-order valence-electron chi connectivity index (χ1n) is 15.8. The summed E-state index contributed by atoms with van der Waals surface area (Å²) in [6.07, 6.45) is -9.26. The van der Waals surface area contributed by atoms with Crippen LogP contribution in [-0.2, 0) is 23.8 Å². The van der Waals surface area contributed by atoms with Gasteiger partial charge in [-0.05, 0) is 42.0 Å². The average Bonchev–Trinajstić information content (AvgIpc) is 3.58. The van der Waals surface area contributed by atoms with Crippen molar-refractivity contribution in [3.63, 3.8) is 0 Å².